The average Bonchev–Trinajstić information content (AvgIpc) is 2.19. The van der Waals surface area contributed by atoms with Crippen LogP contribution in [0.15, 0.2) is 0 Å². The Morgan fingerprint density at radius 2 is 1.65 bits per heavy atom. The summed E-state index contributed by atoms with van der Waals surface area (Å²) >= 11 is 0. The number of ether oxygens (including phenoxy) is 3. The van der Waals surface area contributed by atoms with Crippen LogP contribution in [0, 0.1) is 0 Å². The first-order valence-corrected chi connectivity index (χ1v) is 6.03. The Bertz CT molecular complexity index is 201. The zero-order valence-electron chi connectivity index (χ0n) is 11.2. The molecule has 0 aromatic heterocycles. The lowest BCUT2D eigenvalue weighted by Gasteiger charge is -2.19. The second-order valence-electron chi connectivity index (χ2n) is 4.75. The zero-order chi connectivity index (χ0) is 13.1. The SMILES string of the molecule is CC(C)(C)OC(=O)COCCCCOCCN. The molecule has 17 heavy (non-hydrogen) atoms. The van der Waals surface area contributed by atoms with Gasteiger partial charge in [-0.2, -0.15) is 0 Å². The molecular formula is C12H25NO4. The molecule has 0 fully saturated rings. The van der Waals surface area contributed by atoms with E-state index in [1.807, 2.05) is 20.8 Å². The van der Waals surface area contributed by atoms with Gasteiger partial charge in [0.05, 0.1) is 6.61 Å². The molecule has 0 radical (unpaired) electrons. The summed E-state index contributed by atoms with van der Waals surface area (Å²) in [4.78, 5) is 11.2. The predicted octanol–water partition coefficient (Wildman–Crippen LogP) is 1.10. The summed E-state index contributed by atoms with van der Waals surface area (Å²) in [5.41, 5.74) is 4.83. The molecule has 0 unspecified atom stereocenters. The molecule has 0 saturated carbocycles. The first kappa shape index (κ1) is 16.4. The van der Waals surface area contributed by atoms with Crippen LogP contribution in [0.4, 0.5) is 0 Å². The summed E-state index contributed by atoms with van der Waals surface area (Å²) in [7, 11) is 0. The number of hydrogen-bond donors (Lipinski definition) is 1. The van der Waals surface area contributed by atoms with Crippen molar-refractivity contribution in [2.24, 2.45) is 5.73 Å². The fourth-order valence-electron chi connectivity index (χ4n) is 1.12. The third kappa shape index (κ3) is 13.3. The maximum Gasteiger partial charge on any atom is 0.332 e. The number of unbranched alkanes of at least 4 members (excludes halogenated alkanes) is 1. The predicted molar refractivity (Wildman–Crippen MR) is 65.8 cm³/mol. The van der Waals surface area contributed by atoms with E-state index in [1.165, 1.54) is 0 Å². The summed E-state index contributed by atoms with van der Waals surface area (Å²) in [6.07, 6.45) is 1.78. The highest BCUT2D eigenvalue weighted by molar-refractivity contribution is 5.71. The lowest BCUT2D eigenvalue weighted by atomic mass is 10.2. The van der Waals surface area contributed by atoms with Crippen molar-refractivity contribution in [2.45, 2.75) is 39.2 Å². The van der Waals surface area contributed by atoms with Crippen LogP contribution in [-0.4, -0.2) is 44.5 Å². The second kappa shape index (κ2) is 9.39. The molecule has 5 heteroatoms. The van der Waals surface area contributed by atoms with Crippen LogP contribution < -0.4 is 5.73 Å². The van der Waals surface area contributed by atoms with Gasteiger partial charge in [0.2, 0.25) is 0 Å². The molecule has 0 amide bonds. The number of nitrogens with two attached hydrogens (primary N) is 1. The van der Waals surface area contributed by atoms with Crippen molar-refractivity contribution in [2.75, 3.05) is 33.0 Å². The summed E-state index contributed by atoms with van der Waals surface area (Å²) in [5, 5.41) is 0. The van der Waals surface area contributed by atoms with Gasteiger partial charge >= 0.3 is 5.97 Å². The van der Waals surface area contributed by atoms with Crippen LogP contribution in [0.25, 0.3) is 0 Å². The smallest absolute Gasteiger partial charge is 0.332 e. The van der Waals surface area contributed by atoms with E-state index in [2.05, 4.69) is 0 Å². The Hall–Kier alpha value is -0.650. The molecule has 0 aliphatic carbocycles. The van der Waals surface area contributed by atoms with Gasteiger partial charge in [-0.25, -0.2) is 4.79 Å². The highest BCUT2D eigenvalue weighted by atomic mass is 16.6. The Balaban J connectivity index is 3.25. The van der Waals surface area contributed by atoms with Crippen LogP contribution >= 0.6 is 0 Å². The van der Waals surface area contributed by atoms with Gasteiger partial charge in [-0.15, -0.1) is 0 Å². The lowest BCUT2D eigenvalue weighted by molar-refractivity contribution is -0.160. The molecule has 0 atom stereocenters. The van der Waals surface area contributed by atoms with Gasteiger partial charge in [-0.05, 0) is 33.6 Å². The van der Waals surface area contributed by atoms with Crippen molar-refractivity contribution in [3.05, 3.63) is 0 Å². The largest absolute Gasteiger partial charge is 0.458 e. The Morgan fingerprint density at radius 3 is 2.18 bits per heavy atom. The normalized spacial score (nSPS) is 11.5. The Morgan fingerprint density at radius 1 is 1.06 bits per heavy atom. The highest BCUT2D eigenvalue weighted by Gasteiger charge is 2.15. The maximum absolute atomic E-state index is 11.2. The van der Waals surface area contributed by atoms with Gasteiger partial charge in [0.25, 0.3) is 0 Å². The summed E-state index contributed by atoms with van der Waals surface area (Å²) in [6, 6.07) is 0. The van der Waals surface area contributed by atoms with Crippen molar-refractivity contribution in [1.29, 1.82) is 0 Å². The van der Waals surface area contributed by atoms with Gasteiger partial charge < -0.3 is 19.9 Å². The maximum atomic E-state index is 11.2. The number of carbonyl (C=O) groups is 1. The summed E-state index contributed by atoms with van der Waals surface area (Å²) in [5.74, 6) is -0.322. The van der Waals surface area contributed by atoms with Gasteiger partial charge in [-0.3, -0.25) is 0 Å². The van der Waals surface area contributed by atoms with Crippen molar-refractivity contribution >= 4 is 5.97 Å². The van der Waals surface area contributed by atoms with Gasteiger partial charge in [0.1, 0.15) is 12.2 Å². The number of carbonyl (C=O) groups excluding carboxylic acids is 1. The van der Waals surface area contributed by atoms with Gasteiger partial charge in [-0.1, -0.05) is 0 Å². The Labute approximate surface area is 104 Å². The topological polar surface area (TPSA) is 70.8 Å². The third-order valence-corrected chi connectivity index (χ3v) is 1.73. The van der Waals surface area contributed by atoms with Crippen LogP contribution in [0.2, 0.25) is 0 Å². The first-order valence-electron chi connectivity index (χ1n) is 6.03. The minimum absolute atomic E-state index is 0.0148. The lowest BCUT2D eigenvalue weighted by Crippen LogP contribution is -2.26. The minimum atomic E-state index is -0.448. The number of esters is 1. The molecule has 0 aromatic carbocycles. The average molecular weight is 247 g/mol. The van der Waals surface area contributed by atoms with E-state index in [4.69, 9.17) is 19.9 Å². The minimum Gasteiger partial charge on any atom is -0.458 e. The van der Waals surface area contributed by atoms with Crippen molar-refractivity contribution in [1.82, 2.24) is 0 Å². The Kier molecular flexibility index (Phi) is 9.03. The molecule has 0 saturated heterocycles. The van der Waals surface area contributed by atoms with E-state index in [0.29, 0.717) is 26.4 Å². The van der Waals surface area contributed by atoms with Gasteiger partial charge in [0, 0.05) is 19.8 Å². The van der Waals surface area contributed by atoms with Crippen LogP contribution in [0.3, 0.4) is 0 Å². The number of rotatable bonds is 9. The quantitative estimate of drug-likeness (QED) is 0.488. The van der Waals surface area contributed by atoms with Gasteiger partial charge in [0.15, 0.2) is 0 Å². The van der Waals surface area contributed by atoms with E-state index in [1.54, 1.807) is 0 Å². The molecule has 0 aromatic rings. The van der Waals surface area contributed by atoms with Crippen LogP contribution in [0.1, 0.15) is 33.6 Å². The zero-order valence-corrected chi connectivity index (χ0v) is 11.2. The van der Waals surface area contributed by atoms with Crippen LogP contribution in [-0.2, 0) is 19.0 Å². The standard InChI is InChI=1S/C12H25NO4/c1-12(2,3)17-11(14)10-16-8-5-4-7-15-9-6-13/h4-10,13H2,1-3H3. The molecule has 0 spiro atoms. The van der Waals surface area contributed by atoms with Crippen molar-refractivity contribution in [3.63, 3.8) is 0 Å². The fraction of sp³-hybridized carbons (Fsp3) is 0.917. The van der Waals surface area contributed by atoms with E-state index >= 15 is 0 Å². The van der Waals surface area contributed by atoms with E-state index in [9.17, 15) is 4.79 Å². The molecular weight excluding hydrogens is 222 g/mol. The van der Waals surface area contributed by atoms with E-state index in [0.717, 1.165) is 12.8 Å². The molecule has 2 N–H and O–H groups in total. The molecule has 0 heterocycles. The fourth-order valence-corrected chi connectivity index (χ4v) is 1.12. The second-order valence-corrected chi connectivity index (χ2v) is 4.75. The molecule has 0 rings (SSSR count). The van der Waals surface area contributed by atoms with E-state index in [-0.39, 0.29) is 12.6 Å². The first-order chi connectivity index (χ1) is 7.95. The monoisotopic (exact) mass is 247 g/mol. The van der Waals surface area contributed by atoms with E-state index < -0.39 is 5.60 Å². The van der Waals surface area contributed by atoms with Crippen molar-refractivity contribution < 1.29 is 19.0 Å². The molecule has 102 valence electrons. The molecule has 0 aliphatic heterocycles. The molecule has 5 nitrogen and oxygen atoms in total. The summed E-state index contributed by atoms with van der Waals surface area (Å²) < 4.78 is 15.5. The van der Waals surface area contributed by atoms with Crippen LogP contribution in [0.5, 0.6) is 0 Å². The highest BCUT2D eigenvalue weighted by Crippen LogP contribution is 2.06. The third-order valence-electron chi connectivity index (χ3n) is 1.73. The van der Waals surface area contributed by atoms with Crippen molar-refractivity contribution in [3.8, 4) is 0 Å². The molecule has 0 bridgehead atoms. The summed E-state index contributed by atoms with van der Waals surface area (Å²) in [6.45, 7) is 7.89. The molecule has 0 aliphatic rings. The number of hydrogen-bond acceptors (Lipinski definition) is 5.